The summed E-state index contributed by atoms with van der Waals surface area (Å²) in [4.78, 5) is 113. The summed E-state index contributed by atoms with van der Waals surface area (Å²) in [6.45, 7) is 26.6. The predicted molar refractivity (Wildman–Crippen MR) is 478 cm³/mol. The number of hydrogen-bond acceptors (Lipinski definition) is 17. The maximum absolute atomic E-state index is 14.5. The first-order valence-electron chi connectivity index (χ1n) is 40.0. The Morgan fingerprint density at radius 1 is 0.513 bits per heavy atom. The van der Waals surface area contributed by atoms with Crippen LogP contribution in [0.25, 0.3) is 0 Å². The monoisotopic (exact) mass is 1770 g/mol. The van der Waals surface area contributed by atoms with E-state index in [0.717, 1.165) is 82.6 Å². The fourth-order valence-electron chi connectivity index (χ4n) is 13.0. The van der Waals surface area contributed by atoms with Crippen molar-refractivity contribution in [3.63, 3.8) is 0 Å². The molecule has 4 heterocycles. The van der Waals surface area contributed by atoms with Crippen molar-refractivity contribution in [3.8, 4) is 5.75 Å². The quantitative estimate of drug-likeness (QED) is 0.0159. The molecule has 9 rings (SSSR count). The van der Waals surface area contributed by atoms with Crippen LogP contribution in [-0.4, -0.2) is 141 Å². The van der Waals surface area contributed by atoms with E-state index in [1.807, 2.05) is 78.5 Å². The molecule has 2 unspecified atom stereocenters. The number of benzene rings is 5. The van der Waals surface area contributed by atoms with E-state index in [2.05, 4.69) is 48.6 Å². The molecule has 9 amide bonds. The molecule has 0 fully saturated rings. The molecule has 6 N–H and O–H groups in total. The first-order chi connectivity index (χ1) is 56.8. The molecule has 0 saturated heterocycles. The van der Waals surface area contributed by atoms with Gasteiger partial charge in [0.2, 0.25) is 0 Å². The summed E-state index contributed by atoms with van der Waals surface area (Å²) in [5.41, 5.74) is 4.94. The molecule has 7 aromatic rings. The van der Waals surface area contributed by atoms with Crippen LogP contribution < -0.4 is 60.9 Å². The number of amides is 9. The van der Waals surface area contributed by atoms with E-state index in [9.17, 15) is 42.0 Å². The van der Waals surface area contributed by atoms with Gasteiger partial charge < -0.3 is 40.5 Å². The molecule has 642 valence electrons. The Balaban J connectivity index is 0.000000290. The van der Waals surface area contributed by atoms with Gasteiger partial charge in [-0.25, -0.2) is 24.4 Å². The number of rotatable bonds is 35. The van der Waals surface area contributed by atoms with Gasteiger partial charge in [0.15, 0.2) is 30.4 Å². The number of halogens is 6. The number of aryl methyl sites for hydroxylation is 5. The number of amidine groups is 2. The van der Waals surface area contributed by atoms with Crippen molar-refractivity contribution in [3.05, 3.63) is 179 Å². The van der Waals surface area contributed by atoms with Gasteiger partial charge in [-0.2, -0.15) is 18.4 Å². The maximum atomic E-state index is 14.5. The molecule has 0 radical (unpaired) electrons. The van der Waals surface area contributed by atoms with Crippen molar-refractivity contribution >= 4 is 173 Å². The van der Waals surface area contributed by atoms with Crippen molar-refractivity contribution in [1.29, 1.82) is 0 Å². The van der Waals surface area contributed by atoms with E-state index in [4.69, 9.17) is 93.6 Å². The summed E-state index contributed by atoms with van der Waals surface area (Å²) in [5.74, 6) is -0.909. The summed E-state index contributed by atoms with van der Waals surface area (Å²) < 4.78 is 40.7. The SMILES string of the molecule is CCCCCCCCCCCCCCNC(=O)NC1=NN(c2c(Cl)cc(Cl)cc2Cl)C(=O)C1N(C(=O)NCCCC)c1ccc(N(CC)CC)nc1C.CCOC(=O)N(c1ccc(N(CC)CC)nc1C)C1C(=O)N(c2c(Cl)cc(Cl)cc2Cl)N=C1NC(=O)c1cccc(NC(=O)COc2ccc(C)cc2C)c1.Cc1ccc(S(=O)(=O)O)cc1. The third kappa shape index (κ3) is 27.5. The lowest BCUT2D eigenvalue weighted by molar-refractivity contribution is -0.118. The molecule has 0 spiro atoms. The van der Waals surface area contributed by atoms with Crippen LogP contribution >= 0.6 is 69.6 Å². The van der Waals surface area contributed by atoms with Gasteiger partial charge in [0.05, 0.1) is 54.4 Å². The number of urea groups is 2. The molecule has 0 aliphatic carbocycles. The fourth-order valence-corrected chi connectivity index (χ4v) is 15.4. The minimum absolute atomic E-state index is 0.00463. The number of unbranched alkanes of at least 4 members (excludes halogenated alkanes) is 12. The number of carbonyl (C=O) groups is 7. The Morgan fingerprint density at radius 2 is 0.975 bits per heavy atom. The number of hydrogen-bond donors (Lipinski definition) is 6. The minimum Gasteiger partial charge on any atom is -0.483 e. The highest BCUT2D eigenvalue weighted by Crippen LogP contribution is 2.42. The van der Waals surface area contributed by atoms with Crippen molar-refractivity contribution in [2.24, 2.45) is 10.2 Å². The van der Waals surface area contributed by atoms with Gasteiger partial charge in [-0.3, -0.25) is 38.8 Å². The molecule has 27 nitrogen and oxygen atoms in total. The van der Waals surface area contributed by atoms with E-state index in [-0.39, 0.29) is 82.5 Å². The summed E-state index contributed by atoms with van der Waals surface area (Å²) in [6, 6.07) is 26.4. The highest BCUT2D eigenvalue weighted by atomic mass is 35.5. The average Bonchev–Trinajstić information content (AvgIpc) is 1.62. The lowest BCUT2D eigenvalue weighted by Gasteiger charge is -2.30. The van der Waals surface area contributed by atoms with Crippen LogP contribution in [0.1, 0.15) is 177 Å². The summed E-state index contributed by atoms with van der Waals surface area (Å²) in [5, 5.41) is 25.6. The number of hydrazone groups is 2. The number of nitrogens with one attached hydrogen (secondary N) is 5. The molecule has 2 aliphatic rings. The molecule has 5 aromatic carbocycles. The molecule has 34 heteroatoms. The second kappa shape index (κ2) is 47.5. The molecule has 2 atom stereocenters. The van der Waals surface area contributed by atoms with Gasteiger partial charge in [-0.1, -0.05) is 202 Å². The Hall–Kier alpha value is -9.52. The van der Waals surface area contributed by atoms with Gasteiger partial charge >= 0.3 is 18.2 Å². The normalized spacial score (nSPS) is 13.6. The van der Waals surface area contributed by atoms with Crippen LogP contribution in [0.15, 0.2) is 130 Å². The topological polar surface area (TPSA) is 322 Å². The number of pyridine rings is 2. The number of carbonyl (C=O) groups excluding carboxylic acids is 7. The van der Waals surface area contributed by atoms with Gasteiger partial charge in [-0.05, 0) is 173 Å². The summed E-state index contributed by atoms with van der Waals surface area (Å²) in [7, 11) is -4.02. The summed E-state index contributed by atoms with van der Waals surface area (Å²) in [6.07, 6.45) is 15.3. The molecule has 2 aromatic heterocycles. The lowest BCUT2D eigenvalue weighted by Crippen LogP contribution is -2.57. The molecule has 119 heavy (non-hydrogen) atoms. The van der Waals surface area contributed by atoms with Crippen molar-refractivity contribution < 1.29 is 56.0 Å². The van der Waals surface area contributed by atoms with Crippen molar-refractivity contribution in [2.45, 2.75) is 190 Å². The van der Waals surface area contributed by atoms with Crippen LogP contribution in [-0.2, 0) is 29.2 Å². The first-order valence-corrected chi connectivity index (χ1v) is 43.7. The molecule has 0 saturated carbocycles. The number of anilines is 7. The maximum Gasteiger partial charge on any atom is 0.415 e. The van der Waals surface area contributed by atoms with Gasteiger partial charge in [0.1, 0.15) is 28.8 Å². The van der Waals surface area contributed by atoms with E-state index in [1.54, 1.807) is 69.3 Å². The molecule has 0 bridgehead atoms. The molecule has 2 aliphatic heterocycles. The van der Waals surface area contributed by atoms with Crippen LogP contribution in [0.3, 0.4) is 0 Å². The minimum atomic E-state index is -4.02. The van der Waals surface area contributed by atoms with E-state index < -0.39 is 64.0 Å². The van der Waals surface area contributed by atoms with Crippen LogP contribution in [0, 0.1) is 34.6 Å². The molecular formula is C85H107Cl6N15O12S. The first kappa shape index (κ1) is 96.6. The van der Waals surface area contributed by atoms with E-state index >= 15 is 0 Å². The smallest absolute Gasteiger partial charge is 0.415 e. The van der Waals surface area contributed by atoms with E-state index in [0.29, 0.717) is 60.5 Å². The van der Waals surface area contributed by atoms with Crippen molar-refractivity contribution in [2.75, 3.05) is 87.4 Å². The highest BCUT2D eigenvalue weighted by Gasteiger charge is 2.49. The van der Waals surface area contributed by atoms with Gasteiger partial charge in [0.25, 0.3) is 33.7 Å². The van der Waals surface area contributed by atoms with Crippen LogP contribution in [0.4, 0.5) is 54.5 Å². The third-order valence-electron chi connectivity index (χ3n) is 19.2. The number of aromatic nitrogens is 2. The Kier molecular flexibility index (Phi) is 38.5. The Morgan fingerprint density at radius 3 is 1.45 bits per heavy atom. The van der Waals surface area contributed by atoms with Crippen molar-refractivity contribution in [1.82, 2.24) is 31.2 Å². The fraction of sp³-hybridized carbons (Fsp3) is 0.424. The van der Waals surface area contributed by atoms with Gasteiger partial charge in [0, 0.05) is 60.6 Å². The predicted octanol–water partition coefficient (Wildman–Crippen LogP) is 19.4. The number of ether oxygens (including phenoxy) is 2. The van der Waals surface area contributed by atoms with Crippen LogP contribution in [0.5, 0.6) is 5.75 Å². The van der Waals surface area contributed by atoms with E-state index in [1.165, 1.54) is 111 Å². The second-order valence-electron chi connectivity index (χ2n) is 28.1. The van der Waals surface area contributed by atoms with Crippen LogP contribution in [0.2, 0.25) is 30.1 Å². The number of nitrogens with zero attached hydrogens (tertiary/aromatic N) is 10. The largest absolute Gasteiger partial charge is 0.483 e. The molecular weight excluding hydrogens is 1670 g/mol. The summed E-state index contributed by atoms with van der Waals surface area (Å²) >= 11 is 38.5. The zero-order valence-electron chi connectivity index (χ0n) is 69.3. The zero-order valence-corrected chi connectivity index (χ0v) is 74.6. The third-order valence-corrected chi connectivity index (χ3v) is 21.7. The van der Waals surface area contributed by atoms with Gasteiger partial charge in [-0.15, -0.1) is 10.2 Å². The Bertz CT molecular complexity index is 4820. The Labute approximate surface area is 727 Å². The lowest BCUT2D eigenvalue weighted by atomic mass is 10.1. The zero-order chi connectivity index (χ0) is 87.2. The second-order valence-corrected chi connectivity index (χ2v) is 32.1. The standard InChI is InChI=1S/C39H59Cl3N8O3.C39H40Cl3N7O6.C7H8O3S/c1-6-10-12-13-14-15-16-17-18-19-20-21-25-43-38(52)46-36-35(37(51)50(47-36)34-30(41)26-29(40)27-31(34)42)49(39(53)44-24-11-7-2)32-22-23-33(45-28(32)5)48(8-3)9-4;1-7-47(8-2)32-16-14-30(24(6)43-32)48(39(53)54-9-3)35-36(46-49(38(35)52)34-28(41)19-26(40)20-29(34)42)45-37(51)25-11-10-12-27(18-25)44-33(50)21-55-31-15-13-22(4)17-23(31)5;1-6-2-4-7(5-3-6)11(8,9)10/h22-23,26-27,35H,6-21,24-25H2,1-5H3,(H,44,53)(H2,43,46,47,52);10-20,35H,7-9,21H2,1-6H3,(H,44,50)(H,45,46,51);2-5H,1H3,(H,8,9,10). The average molecular weight is 1780 g/mol. The highest BCUT2D eigenvalue weighted by molar-refractivity contribution is 7.85.